The van der Waals surface area contributed by atoms with Gasteiger partial charge >= 0.3 is 5.97 Å². The fourth-order valence-corrected chi connectivity index (χ4v) is 1.53. The van der Waals surface area contributed by atoms with Crippen molar-refractivity contribution in [2.24, 2.45) is 5.92 Å². The Hall–Kier alpha value is -1.29. The zero-order valence-electron chi connectivity index (χ0n) is 10.2. The molecule has 90 valence electrons. The third kappa shape index (κ3) is 2.85. The van der Waals surface area contributed by atoms with Gasteiger partial charge in [0.05, 0.1) is 12.8 Å². The summed E-state index contributed by atoms with van der Waals surface area (Å²) in [5.41, 5.74) is 0.253. The molecule has 0 spiro atoms. The number of carbonyl (C=O) groups is 1. The lowest BCUT2D eigenvalue weighted by molar-refractivity contribution is 0.0691. The van der Waals surface area contributed by atoms with E-state index in [4.69, 9.17) is 9.52 Å². The molecule has 1 atom stereocenters. The highest BCUT2D eigenvalue weighted by Gasteiger charge is 2.19. The molecule has 1 rings (SSSR count). The highest BCUT2D eigenvalue weighted by molar-refractivity contribution is 5.88. The zero-order chi connectivity index (χ0) is 12.3. The Morgan fingerprint density at radius 2 is 2.12 bits per heavy atom. The monoisotopic (exact) mass is 225 g/mol. The first-order chi connectivity index (χ1) is 7.43. The maximum atomic E-state index is 10.9. The van der Waals surface area contributed by atoms with Crippen LogP contribution in [-0.4, -0.2) is 29.1 Å². The van der Waals surface area contributed by atoms with Crippen LogP contribution in [0.15, 0.2) is 16.7 Å². The van der Waals surface area contributed by atoms with Gasteiger partial charge in [-0.3, -0.25) is 4.90 Å². The van der Waals surface area contributed by atoms with Crippen LogP contribution in [-0.2, 0) is 6.54 Å². The van der Waals surface area contributed by atoms with E-state index in [0.29, 0.717) is 24.3 Å². The van der Waals surface area contributed by atoms with E-state index >= 15 is 0 Å². The lowest BCUT2D eigenvalue weighted by Crippen LogP contribution is -2.32. The Kier molecular flexibility index (Phi) is 4.12. The van der Waals surface area contributed by atoms with Crippen LogP contribution in [0.5, 0.6) is 0 Å². The molecule has 0 aromatic carbocycles. The molecule has 1 heterocycles. The molecule has 1 aromatic heterocycles. The molecule has 0 bridgehead atoms. The molecule has 0 fully saturated rings. The van der Waals surface area contributed by atoms with Crippen LogP contribution in [0.4, 0.5) is 0 Å². The van der Waals surface area contributed by atoms with Gasteiger partial charge in [0.1, 0.15) is 11.3 Å². The first-order valence-corrected chi connectivity index (χ1v) is 5.43. The third-order valence-corrected chi connectivity index (χ3v) is 3.03. The summed E-state index contributed by atoms with van der Waals surface area (Å²) in [5.74, 6) is 0.102. The first-order valence-electron chi connectivity index (χ1n) is 5.43. The van der Waals surface area contributed by atoms with Gasteiger partial charge in [0, 0.05) is 6.04 Å². The van der Waals surface area contributed by atoms with Crippen LogP contribution in [0, 0.1) is 5.92 Å². The molecule has 0 aliphatic rings. The quantitative estimate of drug-likeness (QED) is 0.836. The number of hydrogen-bond acceptors (Lipinski definition) is 3. The van der Waals surface area contributed by atoms with Crippen LogP contribution in [0.3, 0.4) is 0 Å². The Morgan fingerprint density at radius 1 is 1.50 bits per heavy atom. The largest absolute Gasteiger partial charge is 0.478 e. The maximum Gasteiger partial charge on any atom is 0.339 e. The Morgan fingerprint density at radius 3 is 2.62 bits per heavy atom. The molecule has 1 unspecified atom stereocenters. The average molecular weight is 225 g/mol. The van der Waals surface area contributed by atoms with Gasteiger partial charge in [-0.15, -0.1) is 0 Å². The summed E-state index contributed by atoms with van der Waals surface area (Å²) in [7, 11) is 1.97. The molecule has 0 amide bonds. The van der Waals surface area contributed by atoms with Gasteiger partial charge in [-0.1, -0.05) is 13.8 Å². The van der Waals surface area contributed by atoms with Crippen LogP contribution in [0.25, 0.3) is 0 Å². The van der Waals surface area contributed by atoms with Crippen molar-refractivity contribution >= 4 is 5.97 Å². The van der Waals surface area contributed by atoms with Crippen LogP contribution < -0.4 is 0 Å². The van der Waals surface area contributed by atoms with Crippen molar-refractivity contribution in [1.82, 2.24) is 4.90 Å². The summed E-state index contributed by atoms with van der Waals surface area (Å²) in [6, 6.07) is 1.87. The van der Waals surface area contributed by atoms with Crippen molar-refractivity contribution in [2.45, 2.75) is 33.4 Å². The van der Waals surface area contributed by atoms with E-state index in [2.05, 4.69) is 25.7 Å². The third-order valence-electron chi connectivity index (χ3n) is 3.03. The van der Waals surface area contributed by atoms with E-state index in [1.807, 2.05) is 7.05 Å². The topological polar surface area (TPSA) is 53.7 Å². The molecule has 0 aliphatic heterocycles. The fourth-order valence-electron chi connectivity index (χ4n) is 1.53. The van der Waals surface area contributed by atoms with Gasteiger partial charge in [0.25, 0.3) is 0 Å². The average Bonchev–Trinajstić information content (AvgIpc) is 2.64. The van der Waals surface area contributed by atoms with Crippen molar-refractivity contribution in [1.29, 1.82) is 0 Å². The van der Waals surface area contributed by atoms with Crippen LogP contribution >= 0.6 is 0 Å². The molecule has 0 aliphatic carbocycles. The van der Waals surface area contributed by atoms with Gasteiger partial charge in [0.15, 0.2) is 0 Å². The molecule has 0 radical (unpaired) electrons. The molecular weight excluding hydrogens is 206 g/mol. The molecule has 0 saturated carbocycles. The Balaban J connectivity index is 2.73. The second-order valence-corrected chi connectivity index (χ2v) is 4.46. The number of carboxylic acids is 1. The van der Waals surface area contributed by atoms with Crippen molar-refractivity contribution in [3.05, 3.63) is 23.7 Å². The van der Waals surface area contributed by atoms with Gasteiger partial charge in [-0.05, 0) is 26.0 Å². The normalized spacial score (nSPS) is 13.4. The van der Waals surface area contributed by atoms with Crippen molar-refractivity contribution in [3.8, 4) is 0 Å². The van der Waals surface area contributed by atoms with Crippen LogP contribution in [0.1, 0.15) is 36.9 Å². The highest BCUT2D eigenvalue weighted by Crippen LogP contribution is 2.16. The van der Waals surface area contributed by atoms with Crippen LogP contribution in [0.2, 0.25) is 0 Å². The molecule has 0 saturated heterocycles. The Labute approximate surface area is 95.9 Å². The number of nitrogens with zero attached hydrogens (tertiary/aromatic N) is 1. The fraction of sp³-hybridized carbons (Fsp3) is 0.583. The smallest absolute Gasteiger partial charge is 0.339 e. The minimum Gasteiger partial charge on any atom is -0.478 e. The SMILES string of the molecule is CC(C)C(C)N(C)Cc1occc1C(=O)O. The number of furan rings is 1. The van der Waals surface area contributed by atoms with Gasteiger partial charge < -0.3 is 9.52 Å². The van der Waals surface area contributed by atoms with Crippen molar-refractivity contribution in [3.63, 3.8) is 0 Å². The summed E-state index contributed by atoms with van der Waals surface area (Å²) in [4.78, 5) is 13.0. The summed E-state index contributed by atoms with van der Waals surface area (Å²) >= 11 is 0. The number of carboxylic acid groups (broad SMARTS) is 1. The lowest BCUT2D eigenvalue weighted by atomic mass is 10.1. The van der Waals surface area contributed by atoms with E-state index in [9.17, 15) is 4.79 Å². The summed E-state index contributed by atoms with van der Waals surface area (Å²) < 4.78 is 5.20. The first kappa shape index (κ1) is 12.8. The minimum absolute atomic E-state index is 0.253. The van der Waals surface area contributed by atoms with E-state index in [1.54, 1.807) is 0 Å². The van der Waals surface area contributed by atoms with Gasteiger partial charge in [-0.2, -0.15) is 0 Å². The molecule has 1 N–H and O–H groups in total. The molecule has 4 heteroatoms. The van der Waals surface area contributed by atoms with Gasteiger partial charge in [0.2, 0.25) is 0 Å². The van der Waals surface area contributed by atoms with E-state index in [-0.39, 0.29) is 5.56 Å². The lowest BCUT2D eigenvalue weighted by Gasteiger charge is -2.27. The van der Waals surface area contributed by atoms with E-state index < -0.39 is 5.97 Å². The maximum absolute atomic E-state index is 10.9. The summed E-state index contributed by atoms with van der Waals surface area (Å²) in [5, 5.41) is 8.94. The minimum atomic E-state index is -0.936. The second kappa shape index (κ2) is 5.16. The molecule has 16 heavy (non-hydrogen) atoms. The number of hydrogen-bond donors (Lipinski definition) is 1. The second-order valence-electron chi connectivity index (χ2n) is 4.46. The summed E-state index contributed by atoms with van der Waals surface area (Å²) in [6.07, 6.45) is 1.42. The number of rotatable bonds is 5. The standard InChI is InChI=1S/C12H19NO3/c1-8(2)9(3)13(4)7-11-10(12(14)15)5-6-16-11/h5-6,8-9H,7H2,1-4H3,(H,14,15). The molecule has 1 aromatic rings. The van der Waals surface area contributed by atoms with Crippen molar-refractivity contribution in [2.75, 3.05) is 7.05 Å². The summed E-state index contributed by atoms with van der Waals surface area (Å²) in [6.45, 7) is 6.92. The predicted octanol–water partition coefficient (Wildman–Crippen LogP) is 2.45. The number of aromatic carboxylic acids is 1. The zero-order valence-corrected chi connectivity index (χ0v) is 10.2. The van der Waals surface area contributed by atoms with Crippen molar-refractivity contribution < 1.29 is 14.3 Å². The molecular formula is C12H19NO3. The molecule has 4 nitrogen and oxygen atoms in total. The van der Waals surface area contributed by atoms with Gasteiger partial charge in [-0.25, -0.2) is 4.79 Å². The highest BCUT2D eigenvalue weighted by atomic mass is 16.4. The van der Waals surface area contributed by atoms with E-state index in [1.165, 1.54) is 12.3 Å². The Bertz CT molecular complexity index is 357. The van der Waals surface area contributed by atoms with E-state index in [0.717, 1.165) is 0 Å². The predicted molar refractivity (Wildman–Crippen MR) is 61.4 cm³/mol.